The fraction of sp³-hybridized carbons (Fsp3) is 0.222. The Labute approximate surface area is 86.4 Å². The van der Waals surface area contributed by atoms with Gasteiger partial charge in [-0.1, -0.05) is 11.6 Å². The quantitative estimate of drug-likeness (QED) is 0.714. The van der Waals surface area contributed by atoms with Gasteiger partial charge in [0, 0.05) is 11.1 Å². The summed E-state index contributed by atoms with van der Waals surface area (Å²) in [4.78, 5) is 10.9. The van der Waals surface area contributed by atoms with E-state index >= 15 is 0 Å². The monoisotopic (exact) mass is 218 g/mol. The first-order valence-corrected chi connectivity index (χ1v) is 4.36. The molecule has 1 rings (SSSR count). The molecule has 0 aliphatic carbocycles. The number of methoxy groups -OCH3 is 1. The summed E-state index contributed by atoms with van der Waals surface area (Å²) in [7, 11) is 1.50. The molecule has 0 unspecified atom stereocenters. The second kappa shape index (κ2) is 3.99. The van der Waals surface area contributed by atoms with Crippen molar-refractivity contribution in [3.05, 3.63) is 28.3 Å². The minimum absolute atomic E-state index is 0.419. The first kappa shape index (κ1) is 10.4. The largest absolute Gasteiger partial charge is 0.495 e. The van der Waals surface area contributed by atoms with Crippen LogP contribution in [0.15, 0.2) is 12.1 Å². The Morgan fingerprint density at radius 3 is 2.54 bits per heavy atom. The molecule has 0 fully saturated rings. The third-order valence-corrected chi connectivity index (χ3v) is 2.27. The lowest BCUT2D eigenvalue weighted by atomic mass is 10.1. The Balaban J connectivity index is 3.35. The molecule has 0 radical (unpaired) electrons. The summed E-state index contributed by atoms with van der Waals surface area (Å²) in [6.07, 6.45) is 0. The van der Waals surface area contributed by atoms with Gasteiger partial charge in [-0.05, 0) is 30.7 Å². The van der Waals surface area contributed by atoms with E-state index in [2.05, 4.69) is 0 Å². The van der Waals surface area contributed by atoms with Gasteiger partial charge in [0.25, 0.3) is 5.24 Å². The first-order chi connectivity index (χ1) is 6.07. The zero-order chi connectivity index (χ0) is 10.0. The number of carbonyl (C=O) groups excluding carboxylic acids is 1. The third kappa shape index (κ3) is 1.95. The van der Waals surface area contributed by atoms with Crippen molar-refractivity contribution in [1.82, 2.24) is 0 Å². The molecule has 0 aromatic heterocycles. The minimum Gasteiger partial charge on any atom is -0.495 e. The summed E-state index contributed by atoms with van der Waals surface area (Å²) in [5, 5.41) is -0.0332. The van der Waals surface area contributed by atoms with Crippen molar-refractivity contribution in [2.75, 3.05) is 7.11 Å². The van der Waals surface area contributed by atoms with Crippen LogP contribution < -0.4 is 4.74 Å². The van der Waals surface area contributed by atoms with Crippen molar-refractivity contribution < 1.29 is 9.53 Å². The molecule has 1 aromatic carbocycles. The summed E-state index contributed by atoms with van der Waals surface area (Å²) >= 11 is 11.2. The van der Waals surface area contributed by atoms with Crippen LogP contribution in [-0.4, -0.2) is 12.4 Å². The van der Waals surface area contributed by atoms with E-state index in [0.717, 1.165) is 0 Å². The van der Waals surface area contributed by atoms with Crippen molar-refractivity contribution >= 4 is 28.4 Å². The predicted octanol–water partition coefficient (Wildman–Crippen LogP) is 3.04. The van der Waals surface area contributed by atoms with E-state index < -0.39 is 5.24 Å². The van der Waals surface area contributed by atoms with Gasteiger partial charge in [-0.25, -0.2) is 0 Å². The van der Waals surface area contributed by atoms with Crippen molar-refractivity contribution in [3.8, 4) is 5.75 Å². The topological polar surface area (TPSA) is 26.3 Å². The maximum absolute atomic E-state index is 10.9. The zero-order valence-corrected chi connectivity index (χ0v) is 8.74. The molecular weight excluding hydrogens is 211 g/mol. The fourth-order valence-electron chi connectivity index (χ4n) is 1.12. The van der Waals surface area contributed by atoms with E-state index in [1.165, 1.54) is 7.11 Å². The first-order valence-electron chi connectivity index (χ1n) is 3.61. The third-order valence-electron chi connectivity index (χ3n) is 1.77. The van der Waals surface area contributed by atoms with Crippen LogP contribution in [0.5, 0.6) is 5.75 Å². The highest BCUT2D eigenvalue weighted by atomic mass is 35.5. The number of ether oxygens (including phenoxy) is 1. The molecule has 0 saturated carbocycles. The van der Waals surface area contributed by atoms with Crippen molar-refractivity contribution in [2.45, 2.75) is 6.92 Å². The summed E-state index contributed by atoms with van der Waals surface area (Å²) in [5.41, 5.74) is 1.08. The Kier molecular flexibility index (Phi) is 3.17. The van der Waals surface area contributed by atoms with Crippen LogP contribution in [0.4, 0.5) is 0 Å². The standard InChI is InChI=1S/C9H8Cl2O2/c1-5-6(9(11)12)3-4-7(10)8(5)13-2/h3-4H,1-2H3. The van der Waals surface area contributed by atoms with Gasteiger partial charge in [0.05, 0.1) is 12.1 Å². The van der Waals surface area contributed by atoms with Gasteiger partial charge in [-0.15, -0.1) is 0 Å². The lowest BCUT2D eigenvalue weighted by Gasteiger charge is -2.08. The van der Waals surface area contributed by atoms with Crippen molar-refractivity contribution in [3.63, 3.8) is 0 Å². The number of hydrogen-bond donors (Lipinski definition) is 0. The van der Waals surface area contributed by atoms with Crippen molar-refractivity contribution in [1.29, 1.82) is 0 Å². The molecule has 0 N–H and O–H groups in total. The molecule has 70 valence electrons. The van der Waals surface area contributed by atoms with Crippen LogP contribution in [-0.2, 0) is 0 Å². The van der Waals surface area contributed by atoms with Crippen LogP contribution in [0.25, 0.3) is 0 Å². The summed E-state index contributed by atoms with van der Waals surface area (Å²) in [6, 6.07) is 3.17. The molecule has 0 aliphatic rings. The Morgan fingerprint density at radius 1 is 1.46 bits per heavy atom. The molecule has 0 atom stereocenters. The van der Waals surface area contributed by atoms with E-state index in [1.54, 1.807) is 19.1 Å². The maximum atomic E-state index is 10.9. The second-order valence-corrected chi connectivity index (χ2v) is 3.28. The Morgan fingerprint density at radius 2 is 2.08 bits per heavy atom. The van der Waals surface area contributed by atoms with E-state index in [9.17, 15) is 4.79 Å². The number of rotatable bonds is 2. The molecule has 2 nitrogen and oxygen atoms in total. The number of halogens is 2. The number of carbonyl (C=O) groups is 1. The average Bonchev–Trinajstić information content (AvgIpc) is 2.04. The molecule has 0 bridgehead atoms. The highest BCUT2D eigenvalue weighted by molar-refractivity contribution is 6.68. The molecular formula is C9H8Cl2O2. The molecule has 0 saturated heterocycles. The molecule has 1 aromatic rings. The highest BCUT2D eigenvalue weighted by Crippen LogP contribution is 2.30. The Bertz CT molecular complexity index is 348. The van der Waals surface area contributed by atoms with Gasteiger partial charge >= 0.3 is 0 Å². The van der Waals surface area contributed by atoms with Gasteiger partial charge < -0.3 is 4.74 Å². The predicted molar refractivity (Wildman–Crippen MR) is 52.9 cm³/mol. The van der Waals surface area contributed by atoms with Gasteiger partial charge in [-0.2, -0.15) is 0 Å². The summed E-state index contributed by atoms with van der Waals surface area (Å²) < 4.78 is 5.02. The normalized spacial score (nSPS) is 9.85. The molecule has 4 heteroatoms. The van der Waals surface area contributed by atoms with E-state index in [0.29, 0.717) is 21.9 Å². The maximum Gasteiger partial charge on any atom is 0.252 e. The lowest BCUT2D eigenvalue weighted by molar-refractivity contribution is 0.108. The van der Waals surface area contributed by atoms with E-state index in [4.69, 9.17) is 27.9 Å². The van der Waals surface area contributed by atoms with Gasteiger partial charge in [0.2, 0.25) is 0 Å². The van der Waals surface area contributed by atoms with E-state index in [-0.39, 0.29) is 0 Å². The van der Waals surface area contributed by atoms with Gasteiger partial charge in [0.1, 0.15) is 5.75 Å². The summed E-state index contributed by atoms with van der Waals surface area (Å²) in [5.74, 6) is 0.494. The van der Waals surface area contributed by atoms with Crippen LogP contribution in [0.1, 0.15) is 15.9 Å². The average molecular weight is 219 g/mol. The van der Waals surface area contributed by atoms with Crippen LogP contribution in [0.2, 0.25) is 5.02 Å². The van der Waals surface area contributed by atoms with Crippen LogP contribution in [0, 0.1) is 6.92 Å². The summed E-state index contributed by atoms with van der Waals surface area (Å²) in [6.45, 7) is 1.74. The highest BCUT2D eigenvalue weighted by Gasteiger charge is 2.12. The molecule has 13 heavy (non-hydrogen) atoms. The van der Waals surface area contributed by atoms with E-state index in [1.807, 2.05) is 0 Å². The molecule has 0 spiro atoms. The smallest absolute Gasteiger partial charge is 0.252 e. The Hall–Kier alpha value is -0.730. The minimum atomic E-state index is -0.507. The molecule has 0 aliphatic heterocycles. The second-order valence-electron chi connectivity index (χ2n) is 2.53. The SMILES string of the molecule is COc1c(Cl)ccc(C(=O)Cl)c1C. The number of benzene rings is 1. The van der Waals surface area contributed by atoms with Crippen molar-refractivity contribution in [2.24, 2.45) is 0 Å². The lowest BCUT2D eigenvalue weighted by Crippen LogP contribution is -1.97. The van der Waals surface area contributed by atoms with Crippen LogP contribution in [0.3, 0.4) is 0 Å². The van der Waals surface area contributed by atoms with Gasteiger partial charge in [-0.3, -0.25) is 4.79 Å². The van der Waals surface area contributed by atoms with Gasteiger partial charge in [0.15, 0.2) is 0 Å². The molecule has 0 heterocycles. The fourth-order valence-corrected chi connectivity index (χ4v) is 1.61. The number of hydrogen-bond acceptors (Lipinski definition) is 2. The zero-order valence-electron chi connectivity index (χ0n) is 7.23. The van der Waals surface area contributed by atoms with Crippen LogP contribution >= 0.6 is 23.2 Å². The molecule has 0 amide bonds.